The van der Waals surface area contributed by atoms with Gasteiger partial charge in [0, 0.05) is 7.11 Å². The van der Waals surface area contributed by atoms with Gasteiger partial charge in [-0.3, -0.25) is 0 Å². The summed E-state index contributed by atoms with van der Waals surface area (Å²) in [4.78, 5) is 0. The molecule has 5 atom stereocenters. The Balaban J connectivity index is 2.69. The molecule has 0 spiro atoms. The lowest BCUT2D eigenvalue weighted by atomic mass is 9.99. The zero-order valence-corrected chi connectivity index (χ0v) is 7.20. The van der Waals surface area contributed by atoms with Gasteiger partial charge in [-0.2, -0.15) is 0 Å². The van der Waals surface area contributed by atoms with Crippen molar-refractivity contribution >= 4 is 0 Å². The minimum atomic E-state index is -1.44. The number of ether oxygens (including phenoxy) is 2. The standard InChI is InChI=1S/C7H14O6/c1-12-6-4(9)3(2-8)13-7(11)5(6)10/h3-11H,2H2,1H3/t3-,4-,5+,6+,7+/m1/s1. The Labute approximate surface area is 75.3 Å². The Morgan fingerprint density at radius 2 is 1.85 bits per heavy atom. The number of aliphatic hydroxyl groups excluding tert-OH is 4. The van der Waals surface area contributed by atoms with E-state index in [1.807, 2.05) is 0 Å². The normalized spacial score (nSPS) is 46.4. The zero-order valence-electron chi connectivity index (χ0n) is 7.20. The molecule has 0 radical (unpaired) electrons. The first-order valence-electron chi connectivity index (χ1n) is 3.95. The Hall–Kier alpha value is -0.240. The van der Waals surface area contributed by atoms with E-state index < -0.39 is 37.3 Å². The molecule has 0 aliphatic carbocycles. The third-order valence-electron chi connectivity index (χ3n) is 2.11. The van der Waals surface area contributed by atoms with E-state index in [-0.39, 0.29) is 0 Å². The maximum atomic E-state index is 9.44. The summed E-state index contributed by atoms with van der Waals surface area (Å²) in [6, 6.07) is 0. The highest BCUT2D eigenvalue weighted by molar-refractivity contribution is 4.89. The van der Waals surface area contributed by atoms with Crippen LogP contribution in [0.4, 0.5) is 0 Å². The minimum absolute atomic E-state index is 0.440. The van der Waals surface area contributed by atoms with Crippen LogP contribution < -0.4 is 0 Å². The second-order valence-electron chi connectivity index (χ2n) is 2.93. The van der Waals surface area contributed by atoms with Gasteiger partial charge in [-0.05, 0) is 0 Å². The minimum Gasteiger partial charge on any atom is -0.394 e. The Morgan fingerprint density at radius 1 is 1.23 bits per heavy atom. The molecule has 1 rings (SSSR count). The molecular weight excluding hydrogens is 180 g/mol. The Morgan fingerprint density at radius 3 is 2.31 bits per heavy atom. The van der Waals surface area contributed by atoms with E-state index in [2.05, 4.69) is 0 Å². The summed E-state index contributed by atoms with van der Waals surface area (Å²) in [5.41, 5.74) is 0. The summed E-state index contributed by atoms with van der Waals surface area (Å²) >= 11 is 0. The molecule has 13 heavy (non-hydrogen) atoms. The largest absolute Gasteiger partial charge is 0.394 e. The highest BCUT2D eigenvalue weighted by Crippen LogP contribution is 2.21. The van der Waals surface area contributed by atoms with Crippen molar-refractivity contribution in [3.05, 3.63) is 0 Å². The maximum Gasteiger partial charge on any atom is 0.184 e. The number of aliphatic hydroxyl groups is 4. The van der Waals surface area contributed by atoms with E-state index in [0.717, 1.165) is 0 Å². The molecular formula is C7H14O6. The predicted molar refractivity (Wildman–Crippen MR) is 40.8 cm³/mol. The number of rotatable bonds is 2. The van der Waals surface area contributed by atoms with Gasteiger partial charge in [0.15, 0.2) is 6.29 Å². The summed E-state index contributed by atoms with van der Waals surface area (Å²) in [7, 11) is 1.30. The molecule has 0 aromatic rings. The average Bonchev–Trinajstić information content (AvgIpc) is 2.12. The summed E-state index contributed by atoms with van der Waals surface area (Å²) in [6.07, 6.45) is -5.76. The quantitative estimate of drug-likeness (QED) is 0.386. The van der Waals surface area contributed by atoms with Crippen LogP contribution in [0, 0.1) is 0 Å². The molecule has 6 heteroatoms. The molecule has 0 bridgehead atoms. The summed E-state index contributed by atoms with van der Waals surface area (Å²) in [5, 5.41) is 36.6. The number of hydrogen-bond acceptors (Lipinski definition) is 6. The van der Waals surface area contributed by atoms with Gasteiger partial charge < -0.3 is 29.9 Å². The van der Waals surface area contributed by atoms with Crippen molar-refractivity contribution in [2.75, 3.05) is 13.7 Å². The Bertz CT molecular complexity index is 163. The van der Waals surface area contributed by atoms with Crippen LogP contribution >= 0.6 is 0 Å². The van der Waals surface area contributed by atoms with Crippen LogP contribution in [0.5, 0.6) is 0 Å². The van der Waals surface area contributed by atoms with Gasteiger partial charge in [0.1, 0.15) is 24.4 Å². The van der Waals surface area contributed by atoms with Crippen LogP contribution in [0.3, 0.4) is 0 Å². The molecule has 1 saturated heterocycles. The van der Waals surface area contributed by atoms with Crippen LogP contribution in [-0.2, 0) is 9.47 Å². The van der Waals surface area contributed by atoms with Crippen LogP contribution in [0.1, 0.15) is 0 Å². The van der Waals surface area contributed by atoms with E-state index in [9.17, 15) is 10.2 Å². The number of methoxy groups -OCH3 is 1. The first-order valence-corrected chi connectivity index (χ1v) is 3.95. The molecule has 1 aliphatic rings. The Kier molecular flexibility index (Phi) is 3.60. The van der Waals surface area contributed by atoms with E-state index in [1.165, 1.54) is 7.11 Å². The fraction of sp³-hybridized carbons (Fsp3) is 1.00. The van der Waals surface area contributed by atoms with Gasteiger partial charge in [0.2, 0.25) is 0 Å². The van der Waals surface area contributed by atoms with Crippen LogP contribution in [0.15, 0.2) is 0 Å². The van der Waals surface area contributed by atoms with Crippen LogP contribution in [-0.4, -0.2) is 64.8 Å². The molecule has 0 aromatic heterocycles. The van der Waals surface area contributed by atoms with Gasteiger partial charge >= 0.3 is 0 Å². The van der Waals surface area contributed by atoms with Crippen molar-refractivity contribution in [2.24, 2.45) is 0 Å². The fourth-order valence-corrected chi connectivity index (χ4v) is 1.35. The highest BCUT2D eigenvalue weighted by atomic mass is 16.6. The summed E-state index contributed by atoms with van der Waals surface area (Å²) in [5.74, 6) is 0. The van der Waals surface area contributed by atoms with Crippen LogP contribution in [0.2, 0.25) is 0 Å². The van der Waals surface area contributed by atoms with Gasteiger partial charge in [-0.15, -0.1) is 0 Å². The van der Waals surface area contributed by atoms with Crippen LogP contribution in [0.25, 0.3) is 0 Å². The fourth-order valence-electron chi connectivity index (χ4n) is 1.35. The van der Waals surface area contributed by atoms with E-state index in [4.69, 9.17) is 19.7 Å². The first-order chi connectivity index (χ1) is 6.11. The topological polar surface area (TPSA) is 99.4 Å². The van der Waals surface area contributed by atoms with Crippen molar-refractivity contribution in [3.8, 4) is 0 Å². The zero-order chi connectivity index (χ0) is 10.0. The van der Waals surface area contributed by atoms with Crippen molar-refractivity contribution in [1.82, 2.24) is 0 Å². The van der Waals surface area contributed by atoms with E-state index >= 15 is 0 Å². The average molecular weight is 194 g/mol. The maximum absolute atomic E-state index is 9.44. The van der Waals surface area contributed by atoms with E-state index in [0.29, 0.717) is 0 Å². The second-order valence-corrected chi connectivity index (χ2v) is 2.93. The molecule has 78 valence electrons. The van der Waals surface area contributed by atoms with Crippen molar-refractivity contribution in [3.63, 3.8) is 0 Å². The van der Waals surface area contributed by atoms with Crippen molar-refractivity contribution < 1.29 is 29.9 Å². The molecule has 1 fully saturated rings. The molecule has 0 aromatic carbocycles. The van der Waals surface area contributed by atoms with Gasteiger partial charge in [0.05, 0.1) is 6.61 Å². The SMILES string of the molecule is CO[C@@H]1[C@H](O)[C@@H](O)O[C@H](CO)[C@H]1O. The summed E-state index contributed by atoms with van der Waals surface area (Å²) in [6.45, 7) is -0.440. The van der Waals surface area contributed by atoms with Gasteiger partial charge in [0.25, 0.3) is 0 Å². The third kappa shape index (κ3) is 1.98. The first kappa shape index (κ1) is 10.8. The molecule has 0 amide bonds. The smallest absolute Gasteiger partial charge is 0.184 e. The lowest BCUT2D eigenvalue weighted by Gasteiger charge is -2.39. The molecule has 6 nitrogen and oxygen atoms in total. The van der Waals surface area contributed by atoms with E-state index in [1.54, 1.807) is 0 Å². The lowest BCUT2D eigenvalue weighted by molar-refractivity contribution is -0.290. The second kappa shape index (κ2) is 4.32. The molecule has 0 unspecified atom stereocenters. The van der Waals surface area contributed by atoms with Gasteiger partial charge in [-0.1, -0.05) is 0 Å². The molecule has 0 saturated carbocycles. The van der Waals surface area contributed by atoms with Crippen molar-refractivity contribution in [2.45, 2.75) is 30.7 Å². The highest BCUT2D eigenvalue weighted by Gasteiger charge is 2.43. The molecule has 1 aliphatic heterocycles. The van der Waals surface area contributed by atoms with Crippen molar-refractivity contribution in [1.29, 1.82) is 0 Å². The molecule has 1 heterocycles. The van der Waals surface area contributed by atoms with Gasteiger partial charge in [-0.25, -0.2) is 0 Å². The monoisotopic (exact) mass is 194 g/mol. The molecule has 4 N–H and O–H groups in total. The third-order valence-corrected chi connectivity index (χ3v) is 2.11. The predicted octanol–water partition coefficient (Wildman–Crippen LogP) is -2.57. The number of hydrogen-bond donors (Lipinski definition) is 4. The lowest BCUT2D eigenvalue weighted by Crippen LogP contribution is -2.59. The summed E-state index contributed by atoms with van der Waals surface area (Å²) < 4.78 is 9.48.